The van der Waals surface area contributed by atoms with Crippen LogP contribution in [0.4, 0.5) is 18.0 Å². The molecule has 13 heteroatoms. The van der Waals surface area contributed by atoms with Gasteiger partial charge in [0.25, 0.3) is 0 Å². The molecule has 1 N–H and O–H groups in total. The summed E-state index contributed by atoms with van der Waals surface area (Å²) in [6.07, 6.45) is 3.72. The first-order chi connectivity index (χ1) is 14.6. The summed E-state index contributed by atoms with van der Waals surface area (Å²) >= 11 is 0. The molecule has 0 radical (unpaired) electrons. The zero-order valence-electron chi connectivity index (χ0n) is 16.2. The fraction of sp³-hybridized carbons (Fsp3) is 0.444. The third-order valence-corrected chi connectivity index (χ3v) is 6.96. The third-order valence-electron chi connectivity index (χ3n) is 5.24. The number of sulfonamides is 1. The van der Waals surface area contributed by atoms with Crippen molar-refractivity contribution in [3.05, 3.63) is 41.3 Å². The molecule has 0 saturated heterocycles. The number of carbonyl (C=O) groups is 2. The molecular formula is C18H18F3N4O5S+. The number of aryl methyl sites for hydroxylation is 1. The fourth-order valence-corrected chi connectivity index (χ4v) is 4.99. The van der Waals surface area contributed by atoms with Gasteiger partial charge in [0.1, 0.15) is 17.5 Å². The highest BCUT2D eigenvalue weighted by Gasteiger charge is 2.51. The van der Waals surface area contributed by atoms with Crippen molar-refractivity contribution in [3.8, 4) is 0 Å². The number of nitrogens with one attached hydrogen (secondary N) is 1. The van der Waals surface area contributed by atoms with Crippen LogP contribution in [-0.2, 0) is 21.4 Å². The molecule has 1 aromatic rings. The number of allylic oxidation sites excluding steroid dienone is 1. The molecule has 1 fully saturated rings. The predicted molar refractivity (Wildman–Crippen MR) is 99.5 cm³/mol. The van der Waals surface area contributed by atoms with Crippen LogP contribution in [0.3, 0.4) is 0 Å². The molecule has 2 heterocycles. The van der Waals surface area contributed by atoms with Crippen molar-refractivity contribution >= 4 is 27.7 Å². The number of rotatable bonds is 7. The lowest BCUT2D eigenvalue weighted by Gasteiger charge is -2.25. The standard InChI is InChI=1S/C18H18F3N4O5S/c1-10-6-11(30-22-10)8-24-15(26)13-7-12(31(28,29)23-18(9-19)4-5-18)2-3-14(13)25(16(20)21)17(24)27/h2-3,6-7,12,16,23H,4-5,8-9H2,1H3/q+1. The summed E-state index contributed by atoms with van der Waals surface area (Å²) < 4.78 is 73.2. The normalized spacial score (nSPS) is 22.8. The van der Waals surface area contributed by atoms with Crippen LogP contribution in [0.2, 0.25) is 0 Å². The number of alkyl halides is 3. The van der Waals surface area contributed by atoms with Crippen molar-refractivity contribution in [1.82, 2.24) is 14.8 Å². The van der Waals surface area contributed by atoms with Crippen LogP contribution in [0.15, 0.2) is 34.4 Å². The average Bonchev–Trinajstić information content (AvgIpc) is 3.35. The summed E-state index contributed by atoms with van der Waals surface area (Å²) in [4.78, 5) is 26.1. The maximum Gasteiger partial charge on any atom is 0.506 e. The summed E-state index contributed by atoms with van der Waals surface area (Å²) in [5, 5.41) is 2.22. The lowest BCUT2D eigenvalue weighted by Crippen LogP contribution is -2.53. The molecule has 0 bridgehead atoms. The number of amides is 3. The molecule has 9 nitrogen and oxygen atoms in total. The van der Waals surface area contributed by atoms with Gasteiger partial charge in [-0.25, -0.2) is 22.3 Å². The molecule has 2 aliphatic carbocycles. The SMILES string of the molecule is Cc1cc(CN2C(=O)C3=CC(S(=O)(=O)NC4(CF)CC4)C=CC3=[N+](C(F)F)C2=O)on1. The first-order valence-corrected chi connectivity index (χ1v) is 10.8. The number of nitrogens with zero attached hydrogens (tertiary/aromatic N) is 3. The zero-order valence-corrected chi connectivity index (χ0v) is 17.0. The summed E-state index contributed by atoms with van der Waals surface area (Å²) in [6.45, 7) is -3.02. The Morgan fingerprint density at radius 3 is 2.65 bits per heavy atom. The second kappa shape index (κ2) is 7.41. The van der Waals surface area contributed by atoms with E-state index in [4.69, 9.17) is 4.52 Å². The molecule has 31 heavy (non-hydrogen) atoms. The molecule has 1 aliphatic heterocycles. The van der Waals surface area contributed by atoms with E-state index in [1.165, 1.54) is 6.07 Å². The molecule has 4 rings (SSSR count). The van der Waals surface area contributed by atoms with Crippen LogP contribution in [0.25, 0.3) is 0 Å². The summed E-state index contributed by atoms with van der Waals surface area (Å²) in [7, 11) is -4.15. The van der Waals surface area contributed by atoms with Gasteiger partial charge >= 0.3 is 18.5 Å². The van der Waals surface area contributed by atoms with Crippen molar-refractivity contribution in [1.29, 1.82) is 0 Å². The lowest BCUT2D eigenvalue weighted by atomic mass is 9.99. The van der Waals surface area contributed by atoms with E-state index in [9.17, 15) is 31.2 Å². The molecule has 1 unspecified atom stereocenters. The van der Waals surface area contributed by atoms with Gasteiger partial charge in [0.05, 0.1) is 11.2 Å². The minimum absolute atomic E-state index is 0.0910. The van der Waals surface area contributed by atoms with E-state index < -0.39 is 58.2 Å². The van der Waals surface area contributed by atoms with E-state index in [-0.39, 0.29) is 15.9 Å². The van der Waals surface area contributed by atoms with Crippen LogP contribution in [-0.4, -0.2) is 64.7 Å². The van der Waals surface area contributed by atoms with E-state index in [0.717, 1.165) is 18.2 Å². The number of hydrogen-bond acceptors (Lipinski definition) is 6. The predicted octanol–water partition coefficient (Wildman–Crippen LogP) is 1.41. The van der Waals surface area contributed by atoms with Crippen LogP contribution >= 0.6 is 0 Å². The molecule has 1 saturated carbocycles. The molecule has 1 atom stereocenters. The highest BCUT2D eigenvalue weighted by molar-refractivity contribution is 7.90. The Hall–Kier alpha value is -2.80. The van der Waals surface area contributed by atoms with Gasteiger partial charge in [0.15, 0.2) is 18.0 Å². The monoisotopic (exact) mass is 459 g/mol. The Balaban J connectivity index is 1.71. The largest absolute Gasteiger partial charge is 0.506 e. The highest BCUT2D eigenvalue weighted by Crippen LogP contribution is 2.37. The second-order valence-corrected chi connectivity index (χ2v) is 9.44. The van der Waals surface area contributed by atoms with E-state index in [1.807, 2.05) is 0 Å². The molecular weight excluding hydrogens is 441 g/mol. The topological polar surface area (TPSA) is 113 Å². The minimum Gasteiger partial charge on any atom is -0.357 e. The van der Waals surface area contributed by atoms with Crippen molar-refractivity contribution in [2.24, 2.45) is 0 Å². The number of imide groups is 1. The third kappa shape index (κ3) is 3.82. The Kier molecular flexibility index (Phi) is 5.12. The minimum atomic E-state index is -4.15. The van der Waals surface area contributed by atoms with E-state index >= 15 is 0 Å². The smallest absolute Gasteiger partial charge is 0.357 e. The number of hydrogen-bond donors (Lipinski definition) is 1. The van der Waals surface area contributed by atoms with Crippen LogP contribution in [0.5, 0.6) is 0 Å². The lowest BCUT2D eigenvalue weighted by molar-refractivity contribution is -0.547. The Bertz CT molecular complexity index is 1150. The van der Waals surface area contributed by atoms with Gasteiger partial charge in [-0.05, 0) is 31.9 Å². The first-order valence-electron chi connectivity index (χ1n) is 9.28. The van der Waals surface area contributed by atoms with Gasteiger partial charge < -0.3 is 4.52 Å². The molecule has 3 amide bonds. The average molecular weight is 459 g/mol. The number of halogens is 3. The Labute approximate surface area is 174 Å². The van der Waals surface area contributed by atoms with E-state index in [0.29, 0.717) is 23.4 Å². The van der Waals surface area contributed by atoms with Crippen LogP contribution < -0.4 is 4.72 Å². The van der Waals surface area contributed by atoms with Gasteiger partial charge in [-0.15, -0.1) is 9.48 Å². The number of carbonyl (C=O) groups excluding carboxylic acids is 2. The number of urea groups is 1. The van der Waals surface area contributed by atoms with E-state index in [2.05, 4.69) is 9.88 Å². The van der Waals surface area contributed by atoms with Gasteiger partial charge in [0.2, 0.25) is 10.0 Å². The van der Waals surface area contributed by atoms with Crippen molar-refractivity contribution in [2.75, 3.05) is 6.67 Å². The van der Waals surface area contributed by atoms with Gasteiger partial charge in [-0.3, -0.25) is 0 Å². The quantitative estimate of drug-likeness (QED) is 0.487. The summed E-state index contributed by atoms with van der Waals surface area (Å²) in [5.41, 5.74) is -1.48. The van der Waals surface area contributed by atoms with Crippen LogP contribution in [0, 0.1) is 6.92 Å². The Morgan fingerprint density at radius 2 is 2.10 bits per heavy atom. The zero-order chi connectivity index (χ0) is 22.6. The van der Waals surface area contributed by atoms with Crippen molar-refractivity contribution < 1.29 is 40.3 Å². The first kappa shape index (κ1) is 21.4. The maximum atomic E-state index is 13.7. The number of aromatic nitrogens is 1. The molecule has 0 aromatic carbocycles. The highest BCUT2D eigenvalue weighted by atomic mass is 32.2. The van der Waals surface area contributed by atoms with Gasteiger partial charge in [-0.1, -0.05) is 11.2 Å². The summed E-state index contributed by atoms with van der Waals surface area (Å²) in [5.74, 6) is -0.865. The second-order valence-electron chi connectivity index (χ2n) is 7.61. The van der Waals surface area contributed by atoms with Crippen LogP contribution in [0.1, 0.15) is 24.3 Å². The number of fused-ring (bicyclic) bond motifs is 1. The van der Waals surface area contributed by atoms with Gasteiger partial charge in [-0.2, -0.15) is 13.6 Å². The molecule has 166 valence electrons. The van der Waals surface area contributed by atoms with E-state index in [1.54, 1.807) is 6.92 Å². The Morgan fingerprint density at radius 1 is 1.39 bits per heavy atom. The molecule has 3 aliphatic rings. The molecule has 0 spiro atoms. The van der Waals surface area contributed by atoms with Gasteiger partial charge in [0, 0.05) is 6.07 Å². The van der Waals surface area contributed by atoms with Crippen molar-refractivity contribution in [2.45, 2.75) is 43.6 Å². The van der Waals surface area contributed by atoms with Crippen molar-refractivity contribution in [3.63, 3.8) is 0 Å². The fourth-order valence-electron chi connectivity index (χ4n) is 3.39. The molecule has 1 aromatic heterocycles. The maximum absolute atomic E-state index is 13.7. The summed E-state index contributed by atoms with van der Waals surface area (Å²) in [6, 6.07) is 0.157.